The molecule has 1 aromatic carbocycles. The number of H-pyrrole nitrogens is 1. The fraction of sp³-hybridized carbons (Fsp3) is 0.118. The van der Waals surface area contributed by atoms with Gasteiger partial charge < -0.3 is 10.1 Å². The van der Waals surface area contributed by atoms with Crippen LogP contribution in [0.2, 0.25) is 0 Å². The molecule has 0 bridgehead atoms. The van der Waals surface area contributed by atoms with Gasteiger partial charge >= 0.3 is 0 Å². The highest BCUT2D eigenvalue weighted by Gasteiger charge is 2.10. The second-order valence-corrected chi connectivity index (χ2v) is 6.31. The van der Waals surface area contributed by atoms with Crippen molar-refractivity contribution in [3.63, 3.8) is 0 Å². The number of rotatable bonds is 5. The largest absolute Gasteiger partial charge is 0.482 e. The molecule has 7 heteroatoms. The van der Waals surface area contributed by atoms with Crippen molar-refractivity contribution >= 4 is 23.1 Å². The summed E-state index contributed by atoms with van der Waals surface area (Å²) < 4.78 is 5.39. The number of nitrogens with zero attached hydrogens (tertiary/aromatic N) is 2. The predicted molar refractivity (Wildman–Crippen MR) is 91.9 cm³/mol. The smallest absolute Gasteiger partial charge is 0.263 e. The number of ether oxygens (including phenoxy) is 1. The number of anilines is 1. The van der Waals surface area contributed by atoms with Crippen LogP contribution in [0.5, 0.6) is 5.75 Å². The molecule has 2 aromatic heterocycles. The van der Waals surface area contributed by atoms with Gasteiger partial charge in [-0.15, -0.1) is 11.3 Å². The van der Waals surface area contributed by atoms with Gasteiger partial charge in [0.2, 0.25) is 0 Å². The van der Waals surface area contributed by atoms with Crippen LogP contribution in [-0.4, -0.2) is 22.7 Å². The van der Waals surface area contributed by atoms with Crippen molar-refractivity contribution in [2.45, 2.75) is 6.92 Å². The van der Waals surface area contributed by atoms with Crippen molar-refractivity contribution in [1.29, 1.82) is 5.26 Å². The van der Waals surface area contributed by atoms with Crippen molar-refractivity contribution in [2.75, 3.05) is 11.9 Å². The molecule has 0 saturated heterocycles. The summed E-state index contributed by atoms with van der Waals surface area (Å²) in [6, 6.07) is 14.6. The normalized spacial score (nSPS) is 10.2. The standard InChI is InChI=1S/C17H14N4O2S/c1-11-6-7-15(24-11)13-8-16(21-20-13)19-17(22)10-23-14-5-3-2-4-12(14)9-18/h2-8H,10H2,1H3,(H2,19,20,21,22). The molecule has 0 saturated carbocycles. The molecule has 0 spiro atoms. The number of carbonyl (C=O) groups is 1. The molecule has 0 radical (unpaired) electrons. The van der Waals surface area contributed by atoms with E-state index in [4.69, 9.17) is 10.00 Å². The fourth-order valence-electron chi connectivity index (χ4n) is 2.10. The van der Waals surface area contributed by atoms with Gasteiger partial charge in [-0.1, -0.05) is 12.1 Å². The maximum absolute atomic E-state index is 12.0. The van der Waals surface area contributed by atoms with Crippen LogP contribution in [0.15, 0.2) is 42.5 Å². The zero-order valence-corrected chi connectivity index (χ0v) is 13.7. The predicted octanol–water partition coefficient (Wildman–Crippen LogP) is 3.34. The molecule has 0 aliphatic carbocycles. The minimum atomic E-state index is -0.344. The second-order valence-electron chi connectivity index (χ2n) is 5.02. The minimum absolute atomic E-state index is 0.195. The maximum Gasteiger partial charge on any atom is 0.263 e. The Bertz CT molecular complexity index is 907. The van der Waals surface area contributed by atoms with Crippen LogP contribution in [-0.2, 0) is 4.79 Å². The second kappa shape index (κ2) is 6.98. The zero-order chi connectivity index (χ0) is 16.9. The Hall–Kier alpha value is -3.11. The van der Waals surface area contributed by atoms with Crippen LogP contribution < -0.4 is 10.1 Å². The summed E-state index contributed by atoms with van der Waals surface area (Å²) in [6.07, 6.45) is 0. The van der Waals surface area contributed by atoms with Gasteiger partial charge in [-0.2, -0.15) is 10.4 Å². The van der Waals surface area contributed by atoms with E-state index in [9.17, 15) is 4.79 Å². The lowest BCUT2D eigenvalue weighted by Crippen LogP contribution is -2.20. The molecule has 0 aliphatic heterocycles. The lowest BCUT2D eigenvalue weighted by atomic mass is 10.2. The molecule has 6 nitrogen and oxygen atoms in total. The first-order valence-corrected chi connectivity index (χ1v) is 8.01. The quantitative estimate of drug-likeness (QED) is 0.746. The van der Waals surface area contributed by atoms with Crippen LogP contribution in [0.4, 0.5) is 5.82 Å². The number of amides is 1. The SMILES string of the molecule is Cc1ccc(-c2cc(NC(=O)COc3ccccc3C#N)n[nH]2)s1. The minimum Gasteiger partial charge on any atom is -0.482 e. The highest BCUT2D eigenvalue weighted by molar-refractivity contribution is 7.15. The van der Waals surface area contributed by atoms with Crippen molar-refractivity contribution < 1.29 is 9.53 Å². The summed E-state index contributed by atoms with van der Waals surface area (Å²) >= 11 is 1.65. The molecule has 0 aliphatic rings. The van der Waals surface area contributed by atoms with Gasteiger partial charge in [0.15, 0.2) is 12.4 Å². The number of nitrogens with one attached hydrogen (secondary N) is 2. The van der Waals surface area contributed by atoms with Crippen LogP contribution in [0.25, 0.3) is 10.6 Å². The lowest BCUT2D eigenvalue weighted by Gasteiger charge is -2.06. The molecule has 1 amide bonds. The fourth-order valence-corrected chi connectivity index (χ4v) is 2.93. The summed E-state index contributed by atoms with van der Waals surface area (Å²) in [4.78, 5) is 14.2. The highest BCUT2D eigenvalue weighted by Crippen LogP contribution is 2.27. The van der Waals surface area contributed by atoms with E-state index in [1.54, 1.807) is 41.7 Å². The number of carbonyl (C=O) groups excluding carboxylic acids is 1. The van der Waals surface area contributed by atoms with Crippen molar-refractivity contribution in [1.82, 2.24) is 10.2 Å². The summed E-state index contributed by atoms with van der Waals surface area (Å²) in [5.41, 5.74) is 1.24. The van der Waals surface area contributed by atoms with Gasteiger partial charge in [0, 0.05) is 10.9 Å². The molecule has 2 N–H and O–H groups in total. The van der Waals surface area contributed by atoms with Gasteiger partial charge in [-0.25, -0.2) is 0 Å². The lowest BCUT2D eigenvalue weighted by molar-refractivity contribution is -0.118. The molecule has 2 heterocycles. The molecule has 24 heavy (non-hydrogen) atoms. The maximum atomic E-state index is 12.0. The third-order valence-electron chi connectivity index (χ3n) is 3.22. The Labute approximate surface area is 142 Å². The van der Waals surface area contributed by atoms with E-state index in [1.165, 1.54) is 4.88 Å². The Balaban J connectivity index is 1.59. The monoisotopic (exact) mass is 338 g/mol. The van der Waals surface area contributed by atoms with Crippen LogP contribution in [0, 0.1) is 18.3 Å². The van der Waals surface area contributed by atoms with E-state index in [0.29, 0.717) is 17.1 Å². The first-order chi connectivity index (χ1) is 11.7. The highest BCUT2D eigenvalue weighted by atomic mass is 32.1. The average Bonchev–Trinajstić information content (AvgIpc) is 3.22. The Morgan fingerprint density at radius 3 is 2.96 bits per heavy atom. The summed E-state index contributed by atoms with van der Waals surface area (Å²) in [7, 11) is 0. The molecule has 120 valence electrons. The summed E-state index contributed by atoms with van der Waals surface area (Å²) in [5, 5.41) is 18.6. The van der Waals surface area contributed by atoms with E-state index >= 15 is 0 Å². The molecule has 3 aromatic rings. The van der Waals surface area contributed by atoms with Crippen molar-refractivity contribution in [3.05, 3.63) is 52.9 Å². The number of nitriles is 1. The molecule has 0 unspecified atom stereocenters. The first kappa shape index (κ1) is 15.8. The molecule has 3 rings (SSSR count). The van der Waals surface area contributed by atoms with Gasteiger partial charge in [0.05, 0.1) is 16.1 Å². The third kappa shape index (κ3) is 3.62. The number of aromatic nitrogens is 2. The number of hydrogen-bond acceptors (Lipinski definition) is 5. The van der Waals surface area contributed by atoms with Gasteiger partial charge in [-0.3, -0.25) is 9.89 Å². The van der Waals surface area contributed by atoms with Gasteiger partial charge in [0.25, 0.3) is 5.91 Å². The van der Waals surface area contributed by atoms with E-state index in [0.717, 1.165) is 10.6 Å². The van der Waals surface area contributed by atoms with Crippen LogP contribution >= 0.6 is 11.3 Å². The van der Waals surface area contributed by atoms with Crippen molar-refractivity contribution in [2.24, 2.45) is 0 Å². The number of aryl methyl sites for hydroxylation is 1. The number of aromatic amines is 1. The summed E-state index contributed by atoms with van der Waals surface area (Å²) in [6.45, 7) is 1.84. The zero-order valence-electron chi connectivity index (χ0n) is 12.9. The van der Waals surface area contributed by atoms with E-state index in [-0.39, 0.29) is 12.5 Å². The van der Waals surface area contributed by atoms with Crippen LogP contribution in [0.3, 0.4) is 0 Å². The number of thiophene rings is 1. The van der Waals surface area contributed by atoms with Crippen LogP contribution in [0.1, 0.15) is 10.4 Å². The molecule has 0 atom stereocenters. The average molecular weight is 338 g/mol. The Morgan fingerprint density at radius 1 is 1.38 bits per heavy atom. The third-order valence-corrected chi connectivity index (χ3v) is 4.25. The number of para-hydroxylation sites is 1. The van der Waals surface area contributed by atoms with E-state index in [2.05, 4.69) is 15.5 Å². The molecule has 0 fully saturated rings. The van der Waals surface area contributed by atoms with Gasteiger partial charge in [-0.05, 0) is 31.2 Å². The number of hydrogen-bond donors (Lipinski definition) is 2. The summed E-state index contributed by atoms with van der Waals surface area (Å²) in [5.74, 6) is 0.466. The Kier molecular flexibility index (Phi) is 4.59. The Morgan fingerprint density at radius 2 is 2.21 bits per heavy atom. The van der Waals surface area contributed by atoms with E-state index in [1.807, 2.05) is 25.1 Å². The first-order valence-electron chi connectivity index (χ1n) is 7.19. The topological polar surface area (TPSA) is 90.8 Å². The number of benzene rings is 1. The van der Waals surface area contributed by atoms with Crippen molar-refractivity contribution in [3.8, 4) is 22.4 Å². The molecular formula is C17H14N4O2S. The molecular weight excluding hydrogens is 324 g/mol. The van der Waals surface area contributed by atoms with E-state index < -0.39 is 0 Å². The van der Waals surface area contributed by atoms with Gasteiger partial charge in [0.1, 0.15) is 11.8 Å².